The molecule has 2 aromatic rings. The van der Waals surface area contributed by atoms with E-state index >= 15 is 0 Å². The molecule has 0 atom stereocenters. The molecule has 0 saturated carbocycles. The van der Waals surface area contributed by atoms with Crippen LogP contribution in [0.25, 0.3) is 11.1 Å². The monoisotopic (exact) mass is 368 g/mol. The molecule has 1 heterocycles. The maximum absolute atomic E-state index is 11.4. The quantitative estimate of drug-likeness (QED) is 0.322. The van der Waals surface area contributed by atoms with Gasteiger partial charge < -0.3 is 14.2 Å². The zero-order valence-electron chi connectivity index (χ0n) is 16.1. The van der Waals surface area contributed by atoms with Gasteiger partial charge in [0.2, 0.25) is 0 Å². The highest BCUT2D eigenvalue weighted by molar-refractivity contribution is 5.89. The van der Waals surface area contributed by atoms with E-state index in [9.17, 15) is 4.79 Å². The van der Waals surface area contributed by atoms with Crippen molar-refractivity contribution in [3.8, 4) is 17.1 Å². The summed E-state index contributed by atoms with van der Waals surface area (Å²) in [5, 5.41) is 0. The minimum Gasteiger partial charge on any atom is -0.501 e. The standard InChI is InChI=1S/C19H20N2O4.C2H4/c1-13(23-3)5-6-14(2)25-19-20-11-17(12-21-19)15-7-9-16(10-8-15)18(22)24-4;1-2/h5-12H,1-4H3;1-2H2/b13-5+,14-6+;. The van der Waals surface area contributed by atoms with Crippen molar-refractivity contribution in [1.29, 1.82) is 0 Å². The summed E-state index contributed by atoms with van der Waals surface area (Å²) in [6.07, 6.45) is 6.91. The second-order valence-electron chi connectivity index (χ2n) is 5.18. The molecule has 0 aliphatic heterocycles. The summed E-state index contributed by atoms with van der Waals surface area (Å²) in [6.45, 7) is 9.66. The SMILES string of the molecule is C=C.COC(=O)c1ccc(-c2cnc(O/C(C)=C/C=C(\C)OC)nc2)cc1. The van der Waals surface area contributed by atoms with Crippen molar-refractivity contribution in [1.82, 2.24) is 9.97 Å². The first-order valence-corrected chi connectivity index (χ1v) is 8.11. The van der Waals surface area contributed by atoms with Gasteiger partial charge in [-0.1, -0.05) is 12.1 Å². The van der Waals surface area contributed by atoms with E-state index in [1.807, 2.05) is 26.0 Å². The van der Waals surface area contributed by atoms with Crippen LogP contribution in [0.1, 0.15) is 24.2 Å². The van der Waals surface area contributed by atoms with Gasteiger partial charge in [0.1, 0.15) is 5.76 Å². The molecule has 0 aliphatic carbocycles. The normalized spacial score (nSPS) is 11.1. The number of allylic oxidation sites excluding steroid dienone is 4. The number of carbonyl (C=O) groups is 1. The first kappa shape index (κ1) is 21.6. The molecule has 0 bridgehead atoms. The first-order chi connectivity index (χ1) is 13.0. The molecule has 1 aromatic heterocycles. The third-order valence-electron chi connectivity index (χ3n) is 3.39. The lowest BCUT2D eigenvalue weighted by Gasteiger charge is -2.05. The van der Waals surface area contributed by atoms with Crippen LogP contribution in [-0.2, 0) is 9.47 Å². The number of ether oxygens (including phenoxy) is 3. The first-order valence-electron chi connectivity index (χ1n) is 8.11. The van der Waals surface area contributed by atoms with Gasteiger partial charge in [-0.3, -0.25) is 0 Å². The van der Waals surface area contributed by atoms with E-state index in [1.165, 1.54) is 7.11 Å². The number of nitrogens with zero attached hydrogens (tertiary/aromatic N) is 2. The minimum atomic E-state index is -0.369. The van der Waals surface area contributed by atoms with Gasteiger partial charge in [-0.15, -0.1) is 13.2 Å². The van der Waals surface area contributed by atoms with E-state index in [2.05, 4.69) is 27.9 Å². The van der Waals surface area contributed by atoms with Crippen molar-refractivity contribution in [2.45, 2.75) is 13.8 Å². The molecule has 0 aliphatic rings. The summed E-state index contributed by atoms with van der Waals surface area (Å²) in [5.74, 6) is 1.05. The third-order valence-corrected chi connectivity index (χ3v) is 3.39. The molecule has 0 fully saturated rings. The van der Waals surface area contributed by atoms with Gasteiger partial charge in [-0.05, 0) is 43.7 Å². The Hall–Kier alpha value is -3.41. The molecule has 27 heavy (non-hydrogen) atoms. The highest BCUT2D eigenvalue weighted by Gasteiger charge is 2.06. The molecule has 1 aromatic carbocycles. The van der Waals surface area contributed by atoms with Gasteiger partial charge in [0.15, 0.2) is 0 Å². The van der Waals surface area contributed by atoms with Crippen molar-refractivity contribution in [2.24, 2.45) is 0 Å². The fraction of sp³-hybridized carbons (Fsp3) is 0.190. The zero-order valence-corrected chi connectivity index (χ0v) is 16.1. The Morgan fingerprint density at radius 1 is 0.889 bits per heavy atom. The zero-order chi connectivity index (χ0) is 20.2. The van der Waals surface area contributed by atoms with Crippen LogP contribution in [0.15, 0.2) is 73.5 Å². The Balaban J connectivity index is 0.00000176. The molecule has 0 saturated heterocycles. The fourth-order valence-electron chi connectivity index (χ4n) is 1.92. The van der Waals surface area contributed by atoms with Gasteiger partial charge in [-0.25, -0.2) is 14.8 Å². The third kappa shape index (κ3) is 6.78. The molecule has 0 N–H and O–H groups in total. The molecule has 0 radical (unpaired) electrons. The highest BCUT2D eigenvalue weighted by atomic mass is 16.5. The van der Waals surface area contributed by atoms with Crippen molar-refractivity contribution in [2.75, 3.05) is 14.2 Å². The Kier molecular flexibility index (Phi) is 9.02. The van der Waals surface area contributed by atoms with E-state index in [1.54, 1.807) is 43.8 Å². The van der Waals surface area contributed by atoms with Crippen LogP contribution in [0.2, 0.25) is 0 Å². The lowest BCUT2D eigenvalue weighted by Crippen LogP contribution is -2.00. The lowest BCUT2D eigenvalue weighted by molar-refractivity contribution is 0.0600. The van der Waals surface area contributed by atoms with Crippen molar-refractivity contribution in [3.05, 3.63) is 79.1 Å². The summed E-state index contributed by atoms with van der Waals surface area (Å²) in [5.41, 5.74) is 2.21. The summed E-state index contributed by atoms with van der Waals surface area (Å²) >= 11 is 0. The number of aromatic nitrogens is 2. The number of hydrogen-bond donors (Lipinski definition) is 0. The number of esters is 1. The lowest BCUT2D eigenvalue weighted by atomic mass is 10.1. The van der Waals surface area contributed by atoms with Crippen LogP contribution in [0, 0.1) is 0 Å². The minimum absolute atomic E-state index is 0.257. The van der Waals surface area contributed by atoms with Gasteiger partial charge >= 0.3 is 12.0 Å². The number of hydrogen-bond acceptors (Lipinski definition) is 6. The molecule has 0 unspecified atom stereocenters. The molecule has 6 nitrogen and oxygen atoms in total. The Morgan fingerprint density at radius 2 is 1.44 bits per heavy atom. The summed E-state index contributed by atoms with van der Waals surface area (Å²) < 4.78 is 15.3. The van der Waals surface area contributed by atoms with Gasteiger partial charge in [-0.2, -0.15) is 0 Å². The summed E-state index contributed by atoms with van der Waals surface area (Å²) in [7, 11) is 2.96. The molecule has 6 heteroatoms. The maximum Gasteiger partial charge on any atom is 0.337 e. The molecular weight excluding hydrogens is 344 g/mol. The number of carbonyl (C=O) groups excluding carboxylic acids is 1. The van der Waals surface area contributed by atoms with Crippen LogP contribution >= 0.6 is 0 Å². The van der Waals surface area contributed by atoms with E-state index in [0.717, 1.165) is 16.9 Å². The van der Waals surface area contributed by atoms with Gasteiger partial charge in [0.05, 0.1) is 25.5 Å². The van der Waals surface area contributed by atoms with E-state index in [0.29, 0.717) is 11.3 Å². The number of rotatable bonds is 6. The van der Waals surface area contributed by atoms with Crippen LogP contribution < -0.4 is 4.74 Å². The Labute approximate surface area is 159 Å². The summed E-state index contributed by atoms with van der Waals surface area (Å²) in [6, 6.07) is 7.28. The van der Waals surface area contributed by atoms with Crippen LogP contribution in [0.4, 0.5) is 0 Å². The Morgan fingerprint density at radius 3 is 1.96 bits per heavy atom. The van der Waals surface area contributed by atoms with Crippen molar-refractivity contribution in [3.63, 3.8) is 0 Å². The van der Waals surface area contributed by atoms with E-state index in [-0.39, 0.29) is 12.0 Å². The van der Waals surface area contributed by atoms with E-state index < -0.39 is 0 Å². The van der Waals surface area contributed by atoms with Gasteiger partial charge in [0, 0.05) is 18.0 Å². The molecule has 0 amide bonds. The summed E-state index contributed by atoms with van der Waals surface area (Å²) in [4.78, 5) is 19.8. The highest BCUT2D eigenvalue weighted by Crippen LogP contribution is 2.20. The second-order valence-corrected chi connectivity index (χ2v) is 5.18. The second kappa shape index (κ2) is 11.3. The largest absolute Gasteiger partial charge is 0.501 e. The predicted molar refractivity (Wildman–Crippen MR) is 105 cm³/mol. The van der Waals surface area contributed by atoms with Crippen LogP contribution in [-0.4, -0.2) is 30.2 Å². The van der Waals surface area contributed by atoms with Gasteiger partial charge in [0.25, 0.3) is 0 Å². The fourth-order valence-corrected chi connectivity index (χ4v) is 1.92. The van der Waals surface area contributed by atoms with Crippen LogP contribution in [0.5, 0.6) is 6.01 Å². The Bertz CT molecular complexity index is 794. The number of methoxy groups -OCH3 is 2. The van der Waals surface area contributed by atoms with Crippen LogP contribution in [0.3, 0.4) is 0 Å². The van der Waals surface area contributed by atoms with Crippen molar-refractivity contribution < 1.29 is 19.0 Å². The average Bonchev–Trinajstić information content (AvgIpc) is 2.73. The average molecular weight is 368 g/mol. The smallest absolute Gasteiger partial charge is 0.337 e. The topological polar surface area (TPSA) is 70.5 Å². The van der Waals surface area contributed by atoms with E-state index in [4.69, 9.17) is 9.47 Å². The molecule has 0 spiro atoms. The number of benzene rings is 1. The molecule has 2 rings (SSSR count). The predicted octanol–water partition coefficient (Wildman–Crippen LogP) is 4.57. The maximum atomic E-state index is 11.4. The molecular formula is C21H24N2O4. The molecule has 142 valence electrons. The van der Waals surface area contributed by atoms with Crippen molar-refractivity contribution >= 4 is 5.97 Å².